The number of benzene rings is 1. The van der Waals surface area contributed by atoms with Crippen molar-refractivity contribution >= 4 is 11.8 Å². The molecule has 0 saturated heterocycles. The first kappa shape index (κ1) is 13.6. The number of nitrogens with one attached hydrogen (secondary N) is 1. The zero-order chi connectivity index (χ0) is 12.0. The summed E-state index contributed by atoms with van der Waals surface area (Å²) in [5.74, 6) is 1.15. The van der Waals surface area contributed by atoms with Crippen LogP contribution in [-0.2, 0) is 0 Å². The van der Waals surface area contributed by atoms with Gasteiger partial charge in [-0.2, -0.15) is 11.8 Å². The molecule has 0 amide bonds. The van der Waals surface area contributed by atoms with Gasteiger partial charge in [-0.25, -0.2) is 0 Å². The summed E-state index contributed by atoms with van der Waals surface area (Å²) >= 11 is 2.02. The molecule has 1 nitrogen and oxygen atoms in total. The summed E-state index contributed by atoms with van der Waals surface area (Å²) in [5.41, 5.74) is 2.73. The van der Waals surface area contributed by atoms with Crippen molar-refractivity contribution in [1.29, 1.82) is 0 Å². The summed E-state index contributed by atoms with van der Waals surface area (Å²) in [4.78, 5) is 0. The lowest BCUT2D eigenvalue weighted by atomic mass is 10.1. The van der Waals surface area contributed by atoms with Crippen LogP contribution in [-0.4, -0.2) is 17.5 Å². The van der Waals surface area contributed by atoms with Crippen molar-refractivity contribution < 1.29 is 0 Å². The van der Waals surface area contributed by atoms with Gasteiger partial charge in [-0.1, -0.05) is 50.6 Å². The average molecular weight is 237 g/mol. The van der Waals surface area contributed by atoms with Gasteiger partial charge in [0.2, 0.25) is 0 Å². The Morgan fingerprint density at radius 1 is 1.19 bits per heavy atom. The van der Waals surface area contributed by atoms with Crippen LogP contribution in [0.15, 0.2) is 24.3 Å². The van der Waals surface area contributed by atoms with Crippen LogP contribution in [0.2, 0.25) is 0 Å². The zero-order valence-corrected chi connectivity index (χ0v) is 11.6. The maximum absolute atomic E-state index is 3.55. The summed E-state index contributed by atoms with van der Waals surface area (Å²) in [7, 11) is 0. The Kier molecular flexibility index (Phi) is 5.93. The molecule has 1 aromatic carbocycles. The van der Waals surface area contributed by atoms with E-state index in [2.05, 4.69) is 57.3 Å². The van der Waals surface area contributed by atoms with Crippen LogP contribution in [0.4, 0.5) is 0 Å². The Bertz CT molecular complexity index is 292. The van der Waals surface area contributed by atoms with Gasteiger partial charge in [-0.15, -0.1) is 0 Å². The lowest BCUT2D eigenvalue weighted by Gasteiger charge is -2.19. The number of hydrogen-bond acceptors (Lipinski definition) is 2. The van der Waals surface area contributed by atoms with Crippen LogP contribution >= 0.6 is 11.8 Å². The summed E-state index contributed by atoms with van der Waals surface area (Å²) in [6.45, 7) is 9.83. The summed E-state index contributed by atoms with van der Waals surface area (Å²) in [5, 5.41) is 4.25. The summed E-state index contributed by atoms with van der Waals surface area (Å²) in [6.07, 6.45) is 0. The highest BCUT2D eigenvalue weighted by Crippen LogP contribution is 2.21. The minimum absolute atomic E-state index is 0.484. The van der Waals surface area contributed by atoms with E-state index >= 15 is 0 Å². The fourth-order valence-corrected chi connectivity index (χ4v) is 2.49. The second kappa shape index (κ2) is 6.97. The SMILES string of the molecule is CCNC(CSC(C)C)c1ccc(C)cc1. The fraction of sp³-hybridized carbons (Fsp3) is 0.571. The Hall–Kier alpha value is -0.470. The lowest BCUT2D eigenvalue weighted by molar-refractivity contribution is 0.605. The standard InChI is InChI=1S/C14H23NS/c1-5-15-14(10-16-11(2)3)13-8-6-12(4)7-9-13/h6-9,11,14-15H,5,10H2,1-4H3. The summed E-state index contributed by atoms with van der Waals surface area (Å²) in [6, 6.07) is 9.35. The first-order valence-corrected chi connectivity index (χ1v) is 7.10. The Morgan fingerprint density at radius 2 is 1.81 bits per heavy atom. The molecule has 1 atom stereocenters. The summed E-state index contributed by atoms with van der Waals surface area (Å²) < 4.78 is 0. The second-order valence-corrected chi connectivity index (χ2v) is 6.01. The van der Waals surface area contributed by atoms with Gasteiger partial charge in [-0.05, 0) is 24.3 Å². The molecule has 0 aliphatic heterocycles. The van der Waals surface area contributed by atoms with Gasteiger partial charge in [0.05, 0.1) is 0 Å². The minimum Gasteiger partial charge on any atom is -0.310 e. The molecule has 0 bridgehead atoms. The van der Waals surface area contributed by atoms with E-state index in [1.54, 1.807) is 0 Å². The van der Waals surface area contributed by atoms with Crippen molar-refractivity contribution in [2.75, 3.05) is 12.3 Å². The van der Waals surface area contributed by atoms with Gasteiger partial charge in [0.25, 0.3) is 0 Å². The molecular formula is C14H23NS. The molecular weight excluding hydrogens is 214 g/mol. The van der Waals surface area contributed by atoms with Crippen molar-refractivity contribution in [2.24, 2.45) is 0 Å². The Balaban J connectivity index is 2.64. The number of aryl methyl sites for hydroxylation is 1. The van der Waals surface area contributed by atoms with Crippen molar-refractivity contribution in [3.8, 4) is 0 Å². The largest absolute Gasteiger partial charge is 0.310 e. The highest BCUT2D eigenvalue weighted by molar-refractivity contribution is 7.99. The molecule has 90 valence electrons. The van der Waals surface area contributed by atoms with Gasteiger partial charge in [0.15, 0.2) is 0 Å². The van der Waals surface area contributed by atoms with Gasteiger partial charge < -0.3 is 5.32 Å². The Morgan fingerprint density at radius 3 is 2.31 bits per heavy atom. The van der Waals surface area contributed by atoms with Crippen LogP contribution in [0, 0.1) is 6.92 Å². The van der Waals surface area contributed by atoms with E-state index in [-0.39, 0.29) is 0 Å². The quantitative estimate of drug-likeness (QED) is 0.808. The molecule has 2 heteroatoms. The van der Waals surface area contributed by atoms with Crippen molar-refractivity contribution in [2.45, 2.75) is 39.0 Å². The third-order valence-corrected chi connectivity index (χ3v) is 3.72. The molecule has 1 unspecified atom stereocenters. The number of hydrogen-bond donors (Lipinski definition) is 1. The molecule has 0 radical (unpaired) electrons. The van der Waals surface area contributed by atoms with E-state index in [0.29, 0.717) is 11.3 Å². The van der Waals surface area contributed by atoms with Crippen LogP contribution in [0.5, 0.6) is 0 Å². The monoisotopic (exact) mass is 237 g/mol. The molecule has 0 saturated carbocycles. The zero-order valence-electron chi connectivity index (χ0n) is 10.8. The third kappa shape index (κ3) is 4.58. The fourth-order valence-electron chi connectivity index (χ4n) is 1.61. The van der Waals surface area contributed by atoms with Crippen LogP contribution in [0.3, 0.4) is 0 Å². The van der Waals surface area contributed by atoms with Crippen molar-refractivity contribution in [1.82, 2.24) is 5.32 Å². The van der Waals surface area contributed by atoms with Gasteiger partial charge >= 0.3 is 0 Å². The average Bonchev–Trinajstić information content (AvgIpc) is 2.25. The normalized spacial score (nSPS) is 13.1. The van der Waals surface area contributed by atoms with E-state index in [1.807, 2.05) is 11.8 Å². The van der Waals surface area contributed by atoms with Crippen LogP contribution in [0.1, 0.15) is 37.9 Å². The number of thioether (sulfide) groups is 1. The van der Waals surface area contributed by atoms with Crippen LogP contribution in [0.25, 0.3) is 0 Å². The first-order chi connectivity index (χ1) is 7.63. The van der Waals surface area contributed by atoms with Crippen molar-refractivity contribution in [3.05, 3.63) is 35.4 Å². The topological polar surface area (TPSA) is 12.0 Å². The van der Waals surface area contributed by atoms with Crippen molar-refractivity contribution in [3.63, 3.8) is 0 Å². The van der Waals surface area contributed by atoms with Gasteiger partial charge in [0.1, 0.15) is 0 Å². The smallest absolute Gasteiger partial charge is 0.0411 e. The predicted molar refractivity (Wildman–Crippen MR) is 75.2 cm³/mol. The van der Waals surface area contributed by atoms with Crippen LogP contribution < -0.4 is 5.32 Å². The minimum atomic E-state index is 0.484. The molecule has 0 aromatic heterocycles. The third-order valence-electron chi connectivity index (χ3n) is 2.53. The molecule has 0 aliphatic carbocycles. The lowest BCUT2D eigenvalue weighted by Crippen LogP contribution is -2.23. The Labute approximate surface area is 104 Å². The highest BCUT2D eigenvalue weighted by Gasteiger charge is 2.10. The highest BCUT2D eigenvalue weighted by atomic mass is 32.2. The maximum atomic E-state index is 3.55. The maximum Gasteiger partial charge on any atom is 0.0411 e. The molecule has 0 fully saturated rings. The molecule has 0 heterocycles. The van der Waals surface area contributed by atoms with E-state index in [0.717, 1.165) is 12.3 Å². The van der Waals surface area contributed by atoms with Gasteiger partial charge in [-0.3, -0.25) is 0 Å². The van der Waals surface area contributed by atoms with E-state index in [9.17, 15) is 0 Å². The predicted octanol–water partition coefficient (Wildman–Crippen LogP) is 3.79. The molecule has 0 spiro atoms. The van der Waals surface area contributed by atoms with E-state index < -0.39 is 0 Å². The first-order valence-electron chi connectivity index (χ1n) is 6.05. The number of rotatable bonds is 6. The molecule has 1 rings (SSSR count). The molecule has 16 heavy (non-hydrogen) atoms. The van der Waals surface area contributed by atoms with E-state index in [4.69, 9.17) is 0 Å². The second-order valence-electron chi connectivity index (χ2n) is 4.40. The van der Waals surface area contributed by atoms with Gasteiger partial charge in [0, 0.05) is 11.8 Å². The van der Waals surface area contributed by atoms with E-state index in [1.165, 1.54) is 11.1 Å². The molecule has 1 N–H and O–H groups in total. The molecule has 1 aromatic rings. The molecule has 0 aliphatic rings.